The topological polar surface area (TPSA) is 56.3 Å². The van der Waals surface area contributed by atoms with Crippen LogP contribution in [0.25, 0.3) is 0 Å². The Morgan fingerprint density at radius 3 is 2.39 bits per heavy atom. The average molecular weight is 431 g/mol. The van der Waals surface area contributed by atoms with Crippen molar-refractivity contribution in [3.05, 3.63) is 35.9 Å². The minimum absolute atomic E-state index is 0.00311. The molecule has 7 heteroatoms. The van der Waals surface area contributed by atoms with Crippen molar-refractivity contribution in [2.45, 2.75) is 44.2 Å². The van der Waals surface area contributed by atoms with Gasteiger partial charge in [-0.25, -0.2) is 4.79 Å². The number of amides is 3. The molecule has 2 aliphatic rings. The average Bonchev–Trinajstić information content (AvgIpc) is 2.94. The normalized spacial score (nSPS) is 20.3. The molecule has 2 heterocycles. The maximum absolute atomic E-state index is 13.6. The fourth-order valence-corrected chi connectivity index (χ4v) is 4.88. The molecule has 2 aliphatic heterocycles. The first-order valence-corrected chi connectivity index (χ1v) is 11.4. The van der Waals surface area contributed by atoms with Crippen LogP contribution in [0.5, 0.6) is 0 Å². The Morgan fingerprint density at radius 2 is 1.77 bits per heavy atom. The van der Waals surface area contributed by atoms with Crippen LogP contribution in [0.4, 0.5) is 4.79 Å². The van der Waals surface area contributed by atoms with Gasteiger partial charge < -0.3 is 14.5 Å². The van der Waals surface area contributed by atoms with Crippen LogP contribution in [-0.4, -0.2) is 104 Å². The Bertz CT molecular complexity index is 732. The molecule has 0 aliphatic carbocycles. The van der Waals surface area contributed by atoms with Crippen molar-refractivity contribution in [3.63, 3.8) is 0 Å². The van der Waals surface area contributed by atoms with Crippen molar-refractivity contribution in [1.29, 1.82) is 0 Å². The van der Waals surface area contributed by atoms with Gasteiger partial charge >= 0.3 is 6.03 Å². The number of hydrogen-bond acceptors (Lipinski definition) is 5. The molecule has 172 valence electrons. The minimum Gasteiger partial charge on any atom is -0.383 e. The van der Waals surface area contributed by atoms with E-state index in [4.69, 9.17) is 4.74 Å². The summed E-state index contributed by atoms with van der Waals surface area (Å²) in [5, 5.41) is 0. The highest BCUT2D eigenvalue weighted by Gasteiger charge is 2.57. The van der Waals surface area contributed by atoms with Crippen molar-refractivity contribution < 1.29 is 14.3 Å². The summed E-state index contributed by atoms with van der Waals surface area (Å²) in [7, 11) is 5.74. The molecule has 0 bridgehead atoms. The molecule has 0 radical (unpaired) electrons. The Labute approximate surface area is 186 Å². The van der Waals surface area contributed by atoms with Crippen LogP contribution < -0.4 is 0 Å². The van der Waals surface area contributed by atoms with E-state index in [0.29, 0.717) is 38.6 Å². The number of urea groups is 1. The van der Waals surface area contributed by atoms with Crippen LogP contribution in [-0.2, 0) is 16.0 Å². The standard InChI is InChI=1S/C24H38N4O3/c1-20(19-31-4)26-17-12-24(13-18-26)22(29)27(15-8-14-25(2)3)23(30)28(24)16-11-21-9-6-5-7-10-21/h5-7,9-10,20H,8,11-19H2,1-4H3/t20-/m0/s1. The Hall–Kier alpha value is -1.96. The van der Waals surface area contributed by atoms with Gasteiger partial charge in [-0.3, -0.25) is 14.6 Å². The quantitative estimate of drug-likeness (QED) is 0.533. The lowest BCUT2D eigenvalue weighted by molar-refractivity contribution is -0.136. The highest BCUT2D eigenvalue weighted by molar-refractivity contribution is 6.07. The van der Waals surface area contributed by atoms with E-state index in [1.807, 2.05) is 37.2 Å². The van der Waals surface area contributed by atoms with Gasteiger partial charge in [-0.2, -0.15) is 0 Å². The third-order valence-electron chi connectivity index (χ3n) is 6.73. The number of benzene rings is 1. The van der Waals surface area contributed by atoms with Crippen LogP contribution in [0, 0.1) is 0 Å². The maximum atomic E-state index is 13.6. The second kappa shape index (κ2) is 10.6. The summed E-state index contributed by atoms with van der Waals surface area (Å²) in [6.45, 7) is 6.36. The number of rotatable bonds is 10. The number of likely N-dealkylation sites (tertiary alicyclic amines) is 1. The molecule has 2 saturated heterocycles. The first-order valence-electron chi connectivity index (χ1n) is 11.4. The molecule has 2 fully saturated rings. The zero-order valence-electron chi connectivity index (χ0n) is 19.5. The molecule has 0 N–H and O–H groups in total. The number of piperidine rings is 1. The van der Waals surface area contributed by atoms with Gasteiger partial charge in [-0.15, -0.1) is 0 Å². The zero-order chi connectivity index (χ0) is 22.4. The molecule has 3 rings (SSSR count). The number of hydrogen-bond donors (Lipinski definition) is 0. The molecule has 0 unspecified atom stereocenters. The van der Waals surface area contributed by atoms with E-state index in [2.05, 4.69) is 28.9 Å². The predicted molar refractivity (Wildman–Crippen MR) is 122 cm³/mol. The van der Waals surface area contributed by atoms with Gasteiger partial charge in [0.2, 0.25) is 0 Å². The fraction of sp³-hybridized carbons (Fsp3) is 0.667. The first kappa shape index (κ1) is 23.7. The number of methoxy groups -OCH3 is 1. The summed E-state index contributed by atoms with van der Waals surface area (Å²) in [5.74, 6) is 0.00311. The zero-order valence-corrected chi connectivity index (χ0v) is 19.5. The fourth-order valence-electron chi connectivity index (χ4n) is 4.88. The van der Waals surface area contributed by atoms with Gasteiger partial charge in [-0.05, 0) is 58.8 Å². The van der Waals surface area contributed by atoms with E-state index in [1.165, 1.54) is 10.5 Å². The van der Waals surface area contributed by atoms with Crippen molar-refractivity contribution in [2.24, 2.45) is 0 Å². The Balaban J connectivity index is 1.75. The molecule has 31 heavy (non-hydrogen) atoms. The second-order valence-corrected chi connectivity index (χ2v) is 9.16. The highest BCUT2D eigenvalue weighted by Crippen LogP contribution is 2.38. The summed E-state index contributed by atoms with van der Waals surface area (Å²) >= 11 is 0. The van der Waals surface area contributed by atoms with E-state index < -0.39 is 5.54 Å². The lowest BCUT2D eigenvalue weighted by atomic mass is 9.85. The Morgan fingerprint density at radius 1 is 1.10 bits per heavy atom. The van der Waals surface area contributed by atoms with Crippen LogP contribution in [0.1, 0.15) is 31.7 Å². The molecule has 0 aromatic heterocycles. The molecular weight excluding hydrogens is 392 g/mol. The highest BCUT2D eigenvalue weighted by atomic mass is 16.5. The van der Waals surface area contributed by atoms with Crippen molar-refractivity contribution in [1.82, 2.24) is 19.6 Å². The summed E-state index contributed by atoms with van der Waals surface area (Å²) in [5.41, 5.74) is 0.489. The molecule has 3 amide bonds. The van der Waals surface area contributed by atoms with Crippen molar-refractivity contribution in [3.8, 4) is 0 Å². The molecule has 1 spiro atoms. The van der Waals surface area contributed by atoms with E-state index in [1.54, 1.807) is 7.11 Å². The van der Waals surface area contributed by atoms with Crippen LogP contribution >= 0.6 is 0 Å². The minimum atomic E-state index is -0.701. The molecule has 1 aromatic rings. The lowest BCUT2D eigenvalue weighted by Crippen LogP contribution is -2.58. The smallest absolute Gasteiger partial charge is 0.327 e. The summed E-state index contributed by atoms with van der Waals surface area (Å²) < 4.78 is 5.32. The summed E-state index contributed by atoms with van der Waals surface area (Å²) in [6.07, 6.45) is 2.93. The van der Waals surface area contributed by atoms with E-state index >= 15 is 0 Å². The van der Waals surface area contributed by atoms with Crippen molar-refractivity contribution >= 4 is 11.9 Å². The monoisotopic (exact) mass is 430 g/mol. The number of nitrogens with zero attached hydrogens (tertiary/aromatic N) is 4. The van der Waals surface area contributed by atoms with Crippen LogP contribution in [0.15, 0.2) is 30.3 Å². The van der Waals surface area contributed by atoms with E-state index in [0.717, 1.165) is 32.5 Å². The predicted octanol–water partition coefficient (Wildman–Crippen LogP) is 2.31. The van der Waals surface area contributed by atoms with Gasteiger partial charge in [0.25, 0.3) is 5.91 Å². The SMILES string of the molecule is COC[C@H](C)N1CCC2(CC1)C(=O)N(CCCN(C)C)C(=O)N2CCc1ccccc1. The Kier molecular flexibility index (Phi) is 8.08. The van der Waals surface area contributed by atoms with Gasteiger partial charge in [0.05, 0.1) is 6.61 Å². The molecule has 1 aromatic carbocycles. The van der Waals surface area contributed by atoms with E-state index in [-0.39, 0.29) is 11.9 Å². The third-order valence-corrected chi connectivity index (χ3v) is 6.73. The van der Waals surface area contributed by atoms with Gasteiger partial charge in [0, 0.05) is 39.3 Å². The molecule has 0 saturated carbocycles. The molecular formula is C24H38N4O3. The largest absolute Gasteiger partial charge is 0.383 e. The van der Waals surface area contributed by atoms with Gasteiger partial charge in [0.15, 0.2) is 0 Å². The molecule has 7 nitrogen and oxygen atoms in total. The van der Waals surface area contributed by atoms with Gasteiger partial charge in [-0.1, -0.05) is 30.3 Å². The lowest BCUT2D eigenvalue weighted by Gasteiger charge is -2.44. The number of carbonyl (C=O) groups is 2. The summed E-state index contributed by atoms with van der Waals surface area (Å²) in [6, 6.07) is 10.4. The van der Waals surface area contributed by atoms with Crippen LogP contribution in [0.3, 0.4) is 0 Å². The summed E-state index contributed by atoms with van der Waals surface area (Å²) in [4.78, 5) is 34.8. The second-order valence-electron chi connectivity index (χ2n) is 9.16. The number of ether oxygens (including phenoxy) is 1. The van der Waals surface area contributed by atoms with Crippen LogP contribution in [0.2, 0.25) is 0 Å². The maximum Gasteiger partial charge on any atom is 0.327 e. The van der Waals surface area contributed by atoms with E-state index in [9.17, 15) is 9.59 Å². The number of imide groups is 1. The third kappa shape index (κ3) is 5.27. The first-order chi connectivity index (χ1) is 14.9. The van der Waals surface area contributed by atoms with Gasteiger partial charge in [0.1, 0.15) is 5.54 Å². The number of carbonyl (C=O) groups excluding carboxylic acids is 2. The van der Waals surface area contributed by atoms with Crippen molar-refractivity contribution in [2.75, 3.05) is 60.5 Å². The molecule has 1 atom stereocenters.